The van der Waals surface area contributed by atoms with Gasteiger partial charge in [0.25, 0.3) is 0 Å². The van der Waals surface area contributed by atoms with Gasteiger partial charge in [-0.1, -0.05) is 6.92 Å². The van der Waals surface area contributed by atoms with Crippen LogP contribution < -0.4 is 5.32 Å². The second kappa shape index (κ2) is 8.86. The van der Waals surface area contributed by atoms with Gasteiger partial charge in [0.05, 0.1) is 5.56 Å². The van der Waals surface area contributed by atoms with Gasteiger partial charge in [-0.05, 0) is 49.4 Å². The molecule has 26 heavy (non-hydrogen) atoms. The summed E-state index contributed by atoms with van der Waals surface area (Å²) in [5, 5.41) is 3.29. The zero-order valence-electron chi connectivity index (χ0n) is 14.5. The molecule has 1 aromatic carbocycles. The summed E-state index contributed by atoms with van der Waals surface area (Å²) in [4.78, 5) is 16.5. The molecule has 1 aromatic heterocycles. The molecular weight excluding hydrogens is 385 g/mol. The van der Waals surface area contributed by atoms with Crippen LogP contribution in [0.5, 0.6) is 0 Å². The summed E-state index contributed by atoms with van der Waals surface area (Å²) in [7, 11) is 0. The van der Waals surface area contributed by atoms with Crippen molar-refractivity contribution >= 4 is 28.8 Å². The number of nitrogens with zero attached hydrogens (tertiary/aromatic N) is 1. The Bertz CT molecular complexity index is 761. The first kappa shape index (κ1) is 20.7. The van der Waals surface area contributed by atoms with Crippen LogP contribution in [-0.2, 0) is 11.0 Å². The summed E-state index contributed by atoms with van der Waals surface area (Å²) in [6.07, 6.45) is -1.09. The monoisotopic (exact) mass is 404 g/mol. The van der Waals surface area contributed by atoms with E-state index in [4.69, 9.17) is 11.6 Å². The van der Waals surface area contributed by atoms with Crippen molar-refractivity contribution in [1.29, 1.82) is 0 Å². The van der Waals surface area contributed by atoms with Gasteiger partial charge in [-0.15, -0.1) is 22.9 Å². The number of thiazole rings is 1. The number of amides is 1. The van der Waals surface area contributed by atoms with Gasteiger partial charge >= 0.3 is 6.18 Å². The van der Waals surface area contributed by atoms with Crippen molar-refractivity contribution in [1.82, 2.24) is 10.3 Å². The first-order chi connectivity index (χ1) is 12.2. The summed E-state index contributed by atoms with van der Waals surface area (Å²) in [6.45, 7) is 4.17. The van der Waals surface area contributed by atoms with Crippen LogP contribution in [-0.4, -0.2) is 23.3 Å². The Balaban J connectivity index is 2.18. The maximum atomic E-state index is 13.0. The van der Waals surface area contributed by atoms with Crippen LogP contribution in [0.4, 0.5) is 13.2 Å². The topological polar surface area (TPSA) is 42.0 Å². The molecule has 1 atom stereocenters. The normalized spacial score (nSPS) is 12.8. The van der Waals surface area contributed by atoms with Gasteiger partial charge in [-0.2, -0.15) is 13.2 Å². The number of carbonyl (C=O) groups excluding carboxylic acids is 1. The molecule has 0 radical (unpaired) electrons. The second-order valence-corrected chi connectivity index (χ2v) is 7.36. The number of rotatable bonds is 7. The van der Waals surface area contributed by atoms with E-state index in [1.54, 1.807) is 19.2 Å². The summed E-state index contributed by atoms with van der Waals surface area (Å²) < 4.78 is 39.1. The molecule has 0 spiro atoms. The Morgan fingerprint density at radius 3 is 2.69 bits per heavy atom. The predicted octanol–water partition coefficient (Wildman–Crippen LogP) is 5.38. The number of nitrogens with one attached hydrogen (secondary N) is 1. The Hall–Kier alpha value is -1.60. The quantitative estimate of drug-likeness (QED) is 0.630. The van der Waals surface area contributed by atoms with Gasteiger partial charge in [-0.25, -0.2) is 4.98 Å². The van der Waals surface area contributed by atoms with E-state index >= 15 is 0 Å². The smallest absolute Gasteiger partial charge is 0.355 e. The molecule has 0 saturated heterocycles. The van der Waals surface area contributed by atoms with E-state index < -0.39 is 11.7 Å². The van der Waals surface area contributed by atoms with Crippen LogP contribution in [0.25, 0.3) is 10.6 Å². The minimum absolute atomic E-state index is 0.0730. The van der Waals surface area contributed by atoms with Crippen LogP contribution in [0.3, 0.4) is 0 Å². The lowest BCUT2D eigenvalue weighted by Gasteiger charge is -2.12. The lowest BCUT2D eigenvalue weighted by Crippen LogP contribution is -2.26. The highest BCUT2D eigenvalue weighted by molar-refractivity contribution is 7.15. The van der Waals surface area contributed by atoms with Crippen molar-refractivity contribution in [3.05, 3.63) is 40.4 Å². The van der Waals surface area contributed by atoms with Crippen LogP contribution >= 0.6 is 22.9 Å². The molecular formula is C18H20ClF3N2OS. The van der Waals surface area contributed by atoms with E-state index in [2.05, 4.69) is 10.3 Å². The van der Waals surface area contributed by atoms with E-state index in [9.17, 15) is 18.0 Å². The molecule has 1 N–H and O–H groups in total. The highest BCUT2D eigenvalue weighted by Crippen LogP contribution is 2.36. The number of aromatic nitrogens is 1. The number of benzene rings is 1. The van der Waals surface area contributed by atoms with Crippen molar-refractivity contribution in [2.24, 2.45) is 0 Å². The van der Waals surface area contributed by atoms with E-state index in [0.29, 0.717) is 22.7 Å². The summed E-state index contributed by atoms with van der Waals surface area (Å²) in [5.41, 5.74) is 0.348. The van der Waals surface area contributed by atoms with E-state index in [-0.39, 0.29) is 17.7 Å². The van der Waals surface area contributed by atoms with Crippen molar-refractivity contribution in [3.8, 4) is 10.6 Å². The molecule has 1 unspecified atom stereocenters. The molecule has 0 aliphatic carbocycles. The summed E-state index contributed by atoms with van der Waals surface area (Å²) >= 11 is 6.84. The fraction of sp³-hybridized carbons (Fsp3) is 0.444. The zero-order valence-corrected chi connectivity index (χ0v) is 16.1. The van der Waals surface area contributed by atoms with Gasteiger partial charge in [0.1, 0.15) is 10.9 Å². The first-order valence-corrected chi connectivity index (χ1v) is 9.57. The number of hydrogen-bond acceptors (Lipinski definition) is 3. The molecule has 0 aliphatic heterocycles. The third kappa shape index (κ3) is 5.45. The van der Waals surface area contributed by atoms with Gasteiger partial charge in [0.2, 0.25) is 5.91 Å². The molecule has 0 bridgehead atoms. The molecule has 8 heteroatoms. The molecule has 0 saturated carbocycles. The average Bonchev–Trinajstić information content (AvgIpc) is 3.07. The Morgan fingerprint density at radius 1 is 1.35 bits per heavy atom. The van der Waals surface area contributed by atoms with Crippen LogP contribution in [0.15, 0.2) is 24.4 Å². The number of hydrogen-bond donors (Lipinski definition) is 1. The lowest BCUT2D eigenvalue weighted by atomic mass is 10.0. The average molecular weight is 405 g/mol. The molecule has 0 fully saturated rings. The van der Waals surface area contributed by atoms with Crippen LogP contribution in [0.2, 0.25) is 0 Å². The van der Waals surface area contributed by atoms with E-state index in [0.717, 1.165) is 29.9 Å². The van der Waals surface area contributed by atoms with Crippen molar-refractivity contribution in [2.75, 3.05) is 12.4 Å². The maximum Gasteiger partial charge on any atom is 0.416 e. The van der Waals surface area contributed by atoms with E-state index in [1.807, 2.05) is 6.92 Å². The molecule has 3 nitrogen and oxygen atoms in total. The van der Waals surface area contributed by atoms with Gasteiger partial charge < -0.3 is 5.32 Å². The molecule has 1 heterocycles. The summed E-state index contributed by atoms with van der Waals surface area (Å²) in [5.74, 6) is -0.106. The predicted molar refractivity (Wildman–Crippen MR) is 98.7 cm³/mol. The summed E-state index contributed by atoms with van der Waals surface area (Å²) in [6, 6.07) is 3.98. The van der Waals surface area contributed by atoms with Crippen molar-refractivity contribution in [3.63, 3.8) is 0 Å². The first-order valence-electron chi connectivity index (χ1n) is 8.22. The van der Waals surface area contributed by atoms with Crippen molar-refractivity contribution < 1.29 is 18.0 Å². The molecule has 2 aromatic rings. The van der Waals surface area contributed by atoms with Crippen LogP contribution in [0, 0.1) is 6.92 Å². The number of halogens is 4. The van der Waals surface area contributed by atoms with Crippen molar-refractivity contribution in [2.45, 2.75) is 38.8 Å². The number of aryl methyl sites for hydroxylation is 1. The second-order valence-electron chi connectivity index (χ2n) is 6.03. The Kier molecular flexibility index (Phi) is 7.06. The third-order valence-corrected chi connectivity index (χ3v) is 5.46. The van der Waals surface area contributed by atoms with Gasteiger partial charge in [0.15, 0.2) is 0 Å². The fourth-order valence-corrected chi connectivity index (χ4v) is 3.88. The lowest BCUT2D eigenvalue weighted by molar-refractivity contribution is -0.137. The van der Waals surface area contributed by atoms with Crippen LogP contribution in [0.1, 0.15) is 41.7 Å². The minimum atomic E-state index is -4.38. The van der Waals surface area contributed by atoms with Gasteiger partial charge in [0, 0.05) is 23.2 Å². The highest BCUT2D eigenvalue weighted by atomic mass is 35.5. The van der Waals surface area contributed by atoms with Gasteiger partial charge in [-0.3, -0.25) is 4.79 Å². The minimum Gasteiger partial charge on any atom is -0.355 e. The standard InChI is InChI=1S/C18H20ClF3N2OS/c1-3-12(4-5-23-16(25)9-19)15-10-24-17(26-15)13-6-11(2)7-14(8-13)18(20,21)22/h6-8,10,12H,3-5,9H2,1-2H3,(H,23,25). The molecule has 0 aliphatic rings. The molecule has 2 rings (SSSR count). The molecule has 1 amide bonds. The SMILES string of the molecule is CCC(CCNC(=O)CCl)c1cnc(-c2cc(C)cc(C(F)(F)F)c2)s1. The largest absolute Gasteiger partial charge is 0.416 e. The Morgan fingerprint density at radius 2 is 2.08 bits per heavy atom. The highest BCUT2D eigenvalue weighted by Gasteiger charge is 2.31. The van der Waals surface area contributed by atoms with E-state index in [1.165, 1.54) is 11.3 Å². The fourth-order valence-electron chi connectivity index (χ4n) is 2.66. The zero-order chi connectivity index (χ0) is 19.3. The number of carbonyl (C=O) groups is 1. The number of alkyl halides is 4. The maximum absolute atomic E-state index is 13.0. The third-order valence-electron chi connectivity index (χ3n) is 4.01. The molecule has 142 valence electrons. The Labute approximate surface area is 159 Å².